The summed E-state index contributed by atoms with van der Waals surface area (Å²) in [4.78, 5) is 18.4. The number of thioether (sulfide) groups is 1. The summed E-state index contributed by atoms with van der Waals surface area (Å²) >= 11 is 3.17. The molecule has 1 aliphatic rings. The molecule has 0 radical (unpaired) electrons. The molecule has 2 aromatic rings. The van der Waals surface area contributed by atoms with Gasteiger partial charge in [-0.1, -0.05) is 23.9 Å². The van der Waals surface area contributed by atoms with Crippen molar-refractivity contribution in [2.75, 3.05) is 32.1 Å². The molecule has 6 heteroatoms. The fourth-order valence-electron chi connectivity index (χ4n) is 1.94. The van der Waals surface area contributed by atoms with Crippen LogP contribution in [-0.4, -0.2) is 47.8 Å². The van der Waals surface area contributed by atoms with Gasteiger partial charge in [-0.05, 0) is 12.1 Å². The number of benzene rings is 1. The van der Waals surface area contributed by atoms with Crippen molar-refractivity contribution in [1.82, 2.24) is 9.88 Å². The first-order valence-electron chi connectivity index (χ1n) is 6.17. The molecule has 1 saturated heterocycles. The average Bonchev–Trinajstić information content (AvgIpc) is 2.88. The predicted octanol–water partition coefficient (Wildman–Crippen LogP) is 2.25. The van der Waals surface area contributed by atoms with Gasteiger partial charge in [0.1, 0.15) is 0 Å². The monoisotopic (exact) mass is 294 g/mol. The first-order valence-corrected chi connectivity index (χ1v) is 7.97. The fourth-order valence-corrected chi connectivity index (χ4v) is 3.91. The molecule has 0 saturated carbocycles. The highest BCUT2D eigenvalue weighted by molar-refractivity contribution is 8.01. The average molecular weight is 294 g/mol. The van der Waals surface area contributed by atoms with Crippen LogP contribution in [0.2, 0.25) is 0 Å². The lowest BCUT2D eigenvalue weighted by atomic mass is 10.3. The Labute approximate surface area is 119 Å². The molecule has 0 unspecified atom stereocenters. The lowest BCUT2D eigenvalue weighted by molar-refractivity contribution is -0.132. The Morgan fingerprint density at radius 1 is 1.37 bits per heavy atom. The zero-order chi connectivity index (χ0) is 13.1. The fraction of sp³-hybridized carbons (Fsp3) is 0.385. The van der Waals surface area contributed by atoms with Gasteiger partial charge < -0.3 is 9.64 Å². The maximum atomic E-state index is 12.0. The van der Waals surface area contributed by atoms with Gasteiger partial charge in [0.2, 0.25) is 5.91 Å². The summed E-state index contributed by atoms with van der Waals surface area (Å²) in [6, 6.07) is 8.05. The smallest absolute Gasteiger partial charge is 0.233 e. The van der Waals surface area contributed by atoms with Crippen molar-refractivity contribution in [2.45, 2.75) is 4.34 Å². The van der Waals surface area contributed by atoms with Crippen LogP contribution in [0.3, 0.4) is 0 Å². The first-order chi connectivity index (χ1) is 9.33. The quantitative estimate of drug-likeness (QED) is 0.814. The number of thiazole rings is 1. The second-order valence-electron chi connectivity index (χ2n) is 4.23. The van der Waals surface area contributed by atoms with E-state index >= 15 is 0 Å². The number of para-hydroxylation sites is 1. The SMILES string of the molecule is O=C(CSc1nc2ccccc2s1)N1CCOCC1. The number of carbonyl (C=O) groups excluding carboxylic acids is 1. The van der Waals surface area contributed by atoms with Crippen LogP contribution in [0.1, 0.15) is 0 Å². The summed E-state index contributed by atoms with van der Waals surface area (Å²) in [7, 11) is 0. The number of hydrogen-bond acceptors (Lipinski definition) is 5. The number of fused-ring (bicyclic) bond motifs is 1. The lowest BCUT2D eigenvalue weighted by Gasteiger charge is -2.26. The van der Waals surface area contributed by atoms with Crippen LogP contribution in [0, 0.1) is 0 Å². The molecule has 1 amide bonds. The van der Waals surface area contributed by atoms with Gasteiger partial charge in [-0.25, -0.2) is 4.98 Å². The van der Waals surface area contributed by atoms with E-state index < -0.39 is 0 Å². The maximum Gasteiger partial charge on any atom is 0.233 e. The molecule has 4 nitrogen and oxygen atoms in total. The van der Waals surface area contributed by atoms with Gasteiger partial charge in [0.05, 0.1) is 29.2 Å². The van der Waals surface area contributed by atoms with E-state index in [4.69, 9.17) is 4.74 Å². The van der Waals surface area contributed by atoms with Crippen LogP contribution in [0.15, 0.2) is 28.6 Å². The number of rotatable bonds is 3. The largest absolute Gasteiger partial charge is 0.378 e. The van der Waals surface area contributed by atoms with Crippen LogP contribution in [0.4, 0.5) is 0 Å². The van der Waals surface area contributed by atoms with Crippen molar-refractivity contribution in [2.24, 2.45) is 0 Å². The summed E-state index contributed by atoms with van der Waals surface area (Å²) < 4.78 is 7.37. The predicted molar refractivity (Wildman–Crippen MR) is 77.7 cm³/mol. The molecule has 0 bridgehead atoms. The highest BCUT2D eigenvalue weighted by Gasteiger charge is 2.17. The van der Waals surface area contributed by atoms with Crippen LogP contribution < -0.4 is 0 Å². The molecule has 19 heavy (non-hydrogen) atoms. The molecule has 0 N–H and O–H groups in total. The Balaban J connectivity index is 1.60. The minimum atomic E-state index is 0.174. The number of aromatic nitrogens is 1. The number of morpholine rings is 1. The van der Waals surface area contributed by atoms with Crippen molar-refractivity contribution < 1.29 is 9.53 Å². The van der Waals surface area contributed by atoms with E-state index in [1.807, 2.05) is 23.1 Å². The number of ether oxygens (including phenoxy) is 1. The summed E-state index contributed by atoms with van der Waals surface area (Å²) in [6.45, 7) is 2.72. The number of amides is 1. The van der Waals surface area contributed by atoms with Gasteiger partial charge in [0.15, 0.2) is 4.34 Å². The van der Waals surface area contributed by atoms with Gasteiger partial charge in [0.25, 0.3) is 0 Å². The van der Waals surface area contributed by atoms with Gasteiger partial charge in [-0.2, -0.15) is 0 Å². The van der Waals surface area contributed by atoms with Crippen molar-refractivity contribution >= 4 is 39.2 Å². The van der Waals surface area contributed by atoms with Crippen molar-refractivity contribution in [3.8, 4) is 0 Å². The third-order valence-corrected chi connectivity index (χ3v) is 5.12. The van der Waals surface area contributed by atoms with E-state index in [9.17, 15) is 4.79 Å². The van der Waals surface area contributed by atoms with Gasteiger partial charge in [-0.3, -0.25) is 4.79 Å². The first kappa shape index (κ1) is 12.9. The van der Waals surface area contributed by atoms with Crippen LogP contribution >= 0.6 is 23.1 Å². The Hall–Kier alpha value is -1.11. The molecular formula is C13H14N2O2S2. The molecule has 1 fully saturated rings. The molecule has 1 aliphatic heterocycles. The number of nitrogens with zero attached hydrogens (tertiary/aromatic N) is 2. The standard InChI is InChI=1S/C13H14N2O2S2/c16-12(15-5-7-17-8-6-15)9-18-13-14-10-3-1-2-4-11(10)19-13/h1-4H,5-9H2. The van der Waals surface area contributed by atoms with E-state index in [1.165, 1.54) is 16.5 Å². The zero-order valence-electron chi connectivity index (χ0n) is 10.4. The van der Waals surface area contributed by atoms with E-state index in [0.29, 0.717) is 32.1 Å². The lowest BCUT2D eigenvalue weighted by Crippen LogP contribution is -2.41. The van der Waals surface area contributed by atoms with Gasteiger partial charge >= 0.3 is 0 Å². The van der Waals surface area contributed by atoms with Crippen molar-refractivity contribution in [1.29, 1.82) is 0 Å². The third-order valence-electron chi connectivity index (χ3n) is 2.96. The Kier molecular flexibility index (Phi) is 4.00. The molecule has 3 rings (SSSR count). The number of hydrogen-bond donors (Lipinski definition) is 0. The van der Waals surface area contributed by atoms with E-state index in [2.05, 4.69) is 11.1 Å². The van der Waals surface area contributed by atoms with Gasteiger partial charge in [-0.15, -0.1) is 11.3 Å². The normalized spacial score (nSPS) is 15.9. The highest BCUT2D eigenvalue weighted by atomic mass is 32.2. The summed E-state index contributed by atoms with van der Waals surface area (Å²) in [5, 5.41) is 0. The number of carbonyl (C=O) groups is 1. The Morgan fingerprint density at radius 3 is 2.95 bits per heavy atom. The molecule has 100 valence electrons. The van der Waals surface area contributed by atoms with E-state index in [0.717, 1.165) is 9.86 Å². The molecule has 0 aliphatic carbocycles. The van der Waals surface area contributed by atoms with Crippen LogP contribution in [0.5, 0.6) is 0 Å². The molecule has 2 heterocycles. The maximum absolute atomic E-state index is 12.0. The second kappa shape index (κ2) is 5.90. The van der Waals surface area contributed by atoms with Gasteiger partial charge in [0, 0.05) is 13.1 Å². The molecular weight excluding hydrogens is 280 g/mol. The summed E-state index contributed by atoms with van der Waals surface area (Å²) in [5.41, 5.74) is 1.01. The van der Waals surface area contributed by atoms with Crippen molar-refractivity contribution in [3.05, 3.63) is 24.3 Å². The zero-order valence-corrected chi connectivity index (χ0v) is 12.0. The third kappa shape index (κ3) is 3.08. The molecule has 1 aromatic carbocycles. The topological polar surface area (TPSA) is 42.4 Å². The van der Waals surface area contributed by atoms with E-state index in [1.54, 1.807) is 11.3 Å². The highest BCUT2D eigenvalue weighted by Crippen LogP contribution is 2.29. The minimum absolute atomic E-state index is 0.174. The Morgan fingerprint density at radius 2 is 2.16 bits per heavy atom. The molecule has 1 aromatic heterocycles. The molecule has 0 spiro atoms. The van der Waals surface area contributed by atoms with Crippen molar-refractivity contribution in [3.63, 3.8) is 0 Å². The minimum Gasteiger partial charge on any atom is -0.378 e. The summed E-state index contributed by atoms with van der Waals surface area (Å²) in [6.07, 6.45) is 0. The molecule has 0 atom stereocenters. The Bertz CT molecular complexity index is 546. The summed E-state index contributed by atoms with van der Waals surface area (Å²) in [5.74, 6) is 0.632. The van der Waals surface area contributed by atoms with E-state index in [-0.39, 0.29) is 5.91 Å². The van der Waals surface area contributed by atoms with Crippen LogP contribution in [-0.2, 0) is 9.53 Å². The van der Waals surface area contributed by atoms with Crippen LogP contribution in [0.25, 0.3) is 10.2 Å². The second-order valence-corrected chi connectivity index (χ2v) is 6.48.